The van der Waals surface area contributed by atoms with Crippen molar-refractivity contribution in [1.29, 1.82) is 0 Å². The van der Waals surface area contributed by atoms with Gasteiger partial charge in [-0.2, -0.15) is 0 Å². The third kappa shape index (κ3) is 6.77. The lowest BCUT2D eigenvalue weighted by atomic mass is 9.90. The van der Waals surface area contributed by atoms with Crippen molar-refractivity contribution in [3.05, 3.63) is 248 Å². The average molecular weight is 834 g/mol. The Morgan fingerprint density at radius 3 is 2.06 bits per heavy atom. The van der Waals surface area contributed by atoms with Crippen LogP contribution in [0, 0.1) is 5.92 Å². The van der Waals surface area contributed by atoms with E-state index in [0.29, 0.717) is 0 Å². The molecule has 11 aromatic rings. The van der Waals surface area contributed by atoms with E-state index >= 15 is 0 Å². The van der Waals surface area contributed by atoms with Crippen LogP contribution in [0.4, 0.5) is 11.4 Å². The summed E-state index contributed by atoms with van der Waals surface area (Å²) in [5.41, 5.74) is 13.6. The van der Waals surface area contributed by atoms with Crippen molar-refractivity contribution < 1.29 is 8.83 Å². The number of allylic oxidation sites excluding steroid dienone is 8. The van der Waals surface area contributed by atoms with Crippen LogP contribution >= 0.6 is 0 Å². The lowest BCUT2D eigenvalue weighted by Crippen LogP contribution is -2.16. The third-order valence-corrected chi connectivity index (χ3v) is 13.0. The van der Waals surface area contributed by atoms with Crippen molar-refractivity contribution in [2.45, 2.75) is 6.42 Å². The minimum atomic E-state index is 0.270. The molecule has 1 aliphatic carbocycles. The van der Waals surface area contributed by atoms with Crippen LogP contribution in [-0.4, -0.2) is 0 Å². The number of hydrogen-bond donors (Lipinski definition) is 0. The zero-order valence-corrected chi connectivity index (χ0v) is 35.7. The van der Waals surface area contributed by atoms with Crippen LogP contribution in [0.1, 0.15) is 12.0 Å². The molecule has 65 heavy (non-hydrogen) atoms. The summed E-state index contributed by atoms with van der Waals surface area (Å²) in [6, 6.07) is 66.6. The van der Waals surface area contributed by atoms with E-state index in [1.165, 1.54) is 27.3 Å². The van der Waals surface area contributed by atoms with Crippen molar-refractivity contribution in [3.63, 3.8) is 0 Å². The van der Waals surface area contributed by atoms with E-state index in [2.05, 4.69) is 224 Å². The van der Waals surface area contributed by atoms with Crippen LogP contribution in [-0.2, 0) is 0 Å². The number of rotatable bonds is 9. The smallest absolute Gasteiger partial charge is 0.143 e. The highest BCUT2D eigenvalue weighted by Crippen LogP contribution is 2.43. The number of fused-ring (bicyclic) bond motifs is 9. The van der Waals surface area contributed by atoms with Gasteiger partial charge in [0.25, 0.3) is 0 Å². The highest BCUT2D eigenvalue weighted by atomic mass is 16.3. The maximum atomic E-state index is 6.54. The van der Waals surface area contributed by atoms with Crippen LogP contribution in [0.2, 0.25) is 0 Å². The summed E-state index contributed by atoms with van der Waals surface area (Å²) in [6.07, 6.45) is 16.5. The Kier molecular flexibility index (Phi) is 9.46. The Bertz CT molecular complexity index is 3770. The second kappa shape index (κ2) is 16.1. The van der Waals surface area contributed by atoms with E-state index in [9.17, 15) is 0 Å². The molecule has 0 amide bonds. The molecule has 308 valence electrons. The van der Waals surface area contributed by atoms with E-state index in [1.54, 1.807) is 0 Å². The predicted molar refractivity (Wildman–Crippen MR) is 275 cm³/mol. The van der Waals surface area contributed by atoms with E-state index in [4.69, 9.17) is 8.83 Å². The summed E-state index contributed by atoms with van der Waals surface area (Å²) in [5.74, 6) is 0.270. The highest BCUT2D eigenvalue weighted by molar-refractivity contribution is 6.16. The van der Waals surface area contributed by atoms with Crippen molar-refractivity contribution >= 4 is 82.4 Å². The molecule has 0 radical (unpaired) electrons. The molecule has 2 aromatic heterocycles. The molecular formula is C62H43NO2. The second-order valence-electron chi connectivity index (χ2n) is 16.8. The first-order valence-corrected chi connectivity index (χ1v) is 22.3. The van der Waals surface area contributed by atoms with Gasteiger partial charge < -0.3 is 13.7 Å². The molecule has 1 unspecified atom stereocenters. The minimum Gasteiger partial charge on any atom is -0.456 e. The summed E-state index contributed by atoms with van der Waals surface area (Å²) in [7, 11) is 0. The minimum absolute atomic E-state index is 0.270. The number of anilines is 2. The normalized spacial score (nSPS) is 14.4. The van der Waals surface area contributed by atoms with E-state index in [1.807, 2.05) is 18.2 Å². The first-order chi connectivity index (χ1) is 32.2. The molecule has 12 rings (SSSR count). The summed E-state index contributed by atoms with van der Waals surface area (Å²) in [6.45, 7) is 4.39. The fourth-order valence-electron chi connectivity index (χ4n) is 9.80. The molecule has 9 aromatic carbocycles. The maximum Gasteiger partial charge on any atom is 0.143 e. The molecule has 1 aliphatic rings. The first kappa shape index (κ1) is 38.3. The zero-order chi connectivity index (χ0) is 43.3. The van der Waals surface area contributed by atoms with Crippen molar-refractivity contribution in [3.8, 4) is 22.3 Å². The summed E-state index contributed by atoms with van der Waals surface area (Å²) in [5, 5.41) is 9.28. The van der Waals surface area contributed by atoms with Crippen LogP contribution in [0.3, 0.4) is 0 Å². The quantitative estimate of drug-likeness (QED) is 0.136. The number of benzene rings is 9. The van der Waals surface area contributed by atoms with Gasteiger partial charge in [0.1, 0.15) is 22.3 Å². The molecule has 0 saturated heterocycles. The van der Waals surface area contributed by atoms with Gasteiger partial charge in [-0.25, -0.2) is 0 Å². The zero-order valence-electron chi connectivity index (χ0n) is 35.7. The molecule has 2 heterocycles. The SMILES string of the molecule is C=C/C(=C\C=C\C1C=CC(c2cccc3ccccc23)=CC1)N(c1ccc(-c2cccc3oc4ccccc4c23)cc1)c1ccccc1-c1ccc2oc3c4ccccc4ccc3c2c1. The Labute approximate surface area is 377 Å². The van der Waals surface area contributed by atoms with Crippen LogP contribution in [0.25, 0.3) is 93.2 Å². The first-order valence-electron chi connectivity index (χ1n) is 22.3. The molecule has 0 spiro atoms. The molecule has 0 N–H and O–H groups in total. The Morgan fingerprint density at radius 2 is 1.22 bits per heavy atom. The van der Waals surface area contributed by atoms with Crippen LogP contribution < -0.4 is 4.90 Å². The topological polar surface area (TPSA) is 29.5 Å². The number of hydrogen-bond acceptors (Lipinski definition) is 3. The molecule has 0 fully saturated rings. The van der Waals surface area contributed by atoms with Gasteiger partial charge in [-0.05, 0) is 117 Å². The van der Waals surface area contributed by atoms with Gasteiger partial charge in [-0.3, -0.25) is 0 Å². The standard InChI is InChI=1S/C62H43NO2/c1-2-47(18-11-14-41-28-30-44(31-29-41)50-23-12-17-42-15-3-5-19-49(42)50)63(48-36-32-45(33-37-48)52-24-13-27-60-61(52)55-22-8-10-26-58(55)64-60)57-25-9-7-20-51(57)46-35-39-59-56(40-46)54-38-34-43-16-4-6-21-53(43)62(54)65-59/h2-28,30-41H,1,29H2/b14-11+,47-18+. The second-order valence-corrected chi connectivity index (χ2v) is 16.8. The summed E-state index contributed by atoms with van der Waals surface area (Å²) >= 11 is 0. The van der Waals surface area contributed by atoms with Gasteiger partial charge in [0.05, 0.1) is 5.69 Å². The van der Waals surface area contributed by atoms with Gasteiger partial charge in [-0.15, -0.1) is 0 Å². The molecule has 3 nitrogen and oxygen atoms in total. The van der Waals surface area contributed by atoms with Crippen molar-refractivity contribution in [1.82, 2.24) is 0 Å². The summed E-state index contributed by atoms with van der Waals surface area (Å²) in [4.78, 5) is 2.32. The number of nitrogens with zero attached hydrogens (tertiary/aromatic N) is 1. The molecule has 0 saturated carbocycles. The lowest BCUT2D eigenvalue weighted by molar-refractivity contribution is 0.669. The Balaban J connectivity index is 0.937. The largest absolute Gasteiger partial charge is 0.456 e. The fourth-order valence-corrected chi connectivity index (χ4v) is 9.80. The third-order valence-electron chi connectivity index (χ3n) is 13.0. The average Bonchev–Trinajstić information content (AvgIpc) is 3.95. The van der Waals surface area contributed by atoms with Gasteiger partial charge >= 0.3 is 0 Å². The number of para-hydroxylation sites is 2. The van der Waals surface area contributed by atoms with Gasteiger partial charge in [0.15, 0.2) is 0 Å². The molecule has 3 heteroatoms. The van der Waals surface area contributed by atoms with Crippen LogP contribution in [0.5, 0.6) is 0 Å². The van der Waals surface area contributed by atoms with Gasteiger partial charge in [0, 0.05) is 43.9 Å². The highest BCUT2D eigenvalue weighted by Gasteiger charge is 2.20. The van der Waals surface area contributed by atoms with Crippen molar-refractivity contribution in [2.24, 2.45) is 5.92 Å². The molecule has 0 aliphatic heterocycles. The van der Waals surface area contributed by atoms with E-state index < -0.39 is 0 Å². The maximum absolute atomic E-state index is 6.54. The van der Waals surface area contributed by atoms with Gasteiger partial charge in [0.2, 0.25) is 0 Å². The van der Waals surface area contributed by atoms with E-state index in [0.717, 1.165) is 95.0 Å². The molecular weight excluding hydrogens is 791 g/mol. The van der Waals surface area contributed by atoms with Crippen LogP contribution in [0.15, 0.2) is 252 Å². The fraction of sp³-hybridized carbons (Fsp3) is 0.0323. The molecule has 0 bridgehead atoms. The van der Waals surface area contributed by atoms with Gasteiger partial charge in [-0.1, -0.05) is 176 Å². The monoisotopic (exact) mass is 833 g/mol. The van der Waals surface area contributed by atoms with E-state index in [-0.39, 0.29) is 5.92 Å². The predicted octanol–water partition coefficient (Wildman–Crippen LogP) is 17.5. The lowest BCUT2D eigenvalue weighted by Gasteiger charge is -2.29. The Morgan fingerprint density at radius 1 is 0.538 bits per heavy atom. The number of furan rings is 2. The van der Waals surface area contributed by atoms with Crippen molar-refractivity contribution in [2.75, 3.05) is 4.90 Å². The molecule has 1 atom stereocenters. The Hall–Kier alpha value is -8.40. The summed E-state index contributed by atoms with van der Waals surface area (Å²) < 4.78 is 12.8.